The van der Waals surface area contributed by atoms with Crippen molar-refractivity contribution in [1.82, 2.24) is 20.0 Å². The van der Waals surface area contributed by atoms with Gasteiger partial charge in [0.05, 0.1) is 12.7 Å². The number of carbonyl (C=O) groups is 1. The van der Waals surface area contributed by atoms with Crippen LogP contribution in [0, 0.1) is 0 Å². The Labute approximate surface area is 92.1 Å². The van der Waals surface area contributed by atoms with Crippen LogP contribution in [0.15, 0.2) is 30.7 Å². The smallest absolute Gasteiger partial charge is 0.216 e. The Morgan fingerprint density at radius 2 is 2.38 bits per heavy atom. The predicted molar refractivity (Wildman–Crippen MR) is 56.7 cm³/mol. The largest absolute Gasteiger partial charge is 0.329 e. The molecule has 0 aliphatic carbocycles. The molecule has 2 rings (SSSR count). The molecule has 0 aliphatic rings. The van der Waals surface area contributed by atoms with Crippen LogP contribution in [-0.2, 0) is 6.54 Å². The number of hydrogen-bond acceptors (Lipinski definition) is 5. The molecule has 0 bridgehead atoms. The number of nitrogens with two attached hydrogens (primary N) is 1. The predicted octanol–water partition coefficient (Wildman–Crippen LogP) is -0.137. The van der Waals surface area contributed by atoms with Gasteiger partial charge in [0, 0.05) is 24.5 Å². The summed E-state index contributed by atoms with van der Waals surface area (Å²) >= 11 is 0. The van der Waals surface area contributed by atoms with Crippen molar-refractivity contribution in [1.29, 1.82) is 0 Å². The highest BCUT2D eigenvalue weighted by Crippen LogP contribution is 2.04. The first-order valence-electron chi connectivity index (χ1n) is 4.86. The molecule has 0 aliphatic heterocycles. The van der Waals surface area contributed by atoms with Crippen molar-refractivity contribution in [2.75, 3.05) is 6.54 Å². The topological polar surface area (TPSA) is 86.7 Å². The minimum absolute atomic E-state index is 0.184. The van der Waals surface area contributed by atoms with Crippen LogP contribution < -0.4 is 5.73 Å². The van der Waals surface area contributed by atoms with Gasteiger partial charge in [0.1, 0.15) is 0 Å². The standard InChI is InChI=1S/C10H11N5O/c11-3-5-15-7-9(13-14-15)10(16)8-2-1-4-12-6-8/h1-2,4,6-7H,3,5,11H2. The summed E-state index contributed by atoms with van der Waals surface area (Å²) in [5, 5.41) is 7.59. The quantitative estimate of drug-likeness (QED) is 0.720. The van der Waals surface area contributed by atoms with E-state index in [0.717, 1.165) is 0 Å². The van der Waals surface area contributed by atoms with Gasteiger partial charge in [0.15, 0.2) is 5.69 Å². The van der Waals surface area contributed by atoms with Gasteiger partial charge in [-0.15, -0.1) is 5.10 Å². The second kappa shape index (κ2) is 4.63. The maximum atomic E-state index is 11.9. The first-order valence-corrected chi connectivity index (χ1v) is 4.86. The summed E-state index contributed by atoms with van der Waals surface area (Å²) in [5.74, 6) is -0.184. The number of rotatable bonds is 4. The Hall–Kier alpha value is -2.08. The van der Waals surface area contributed by atoms with Crippen LogP contribution in [0.1, 0.15) is 16.1 Å². The minimum atomic E-state index is -0.184. The zero-order valence-corrected chi connectivity index (χ0v) is 8.58. The van der Waals surface area contributed by atoms with Gasteiger partial charge in [-0.25, -0.2) is 0 Å². The van der Waals surface area contributed by atoms with E-state index in [1.165, 1.54) is 6.20 Å². The van der Waals surface area contributed by atoms with E-state index in [0.29, 0.717) is 24.3 Å². The number of hydrogen-bond donors (Lipinski definition) is 1. The Bertz CT molecular complexity index is 479. The number of nitrogens with zero attached hydrogens (tertiary/aromatic N) is 4. The molecular weight excluding hydrogens is 206 g/mol. The molecule has 0 saturated carbocycles. The van der Waals surface area contributed by atoms with E-state index in [-0.39, 0.29) is 5.78 Å². The lowest BCUT2D eigenvalue weighted by Crippen LogP contribution is -2.10. The van der Waals surface area contributed by atoms with Gasteiger partial charge in [0.2, 0.25) is 5.78 Å². The lowest BCUT2D eigenvalue weighted by molar-refractivity contribution is 0.103. The minimum Gasteiger partial charge on any atom is -0.329 e. The fourth-order valence-corrected chi connectivity index (χ4v) is 1.29. The van der Waals surface area contributed by atoms with Crippen LogP contribution in [0.2, 0.25) is 0 Å². The summed E-state index contributed by atoms with van der Waals surface area (Å²) < 4.78 is 1.55. The highest BCUT2D eigenvalue weighted by molar-refractivity contribution is 6.07. The molecule has 2 aromatic rings. The van der Waals surface area contributed by atoms with Crippen LogP contribution >= 0.6 is 0 Å². The Morgan fingerprint density at radius 1 is 1.50 bits per heavy atom. The molecule has 0 radical (unpaired) electrons. The highest BCUT2D eigenvalue weighted by Gasteiger charge is 2.12. The average molecular weight is 217 g/mol. The lowest BCUT2D eigenvalue weighted by Gasteiger charge is -1.95. The van der Waals surface area contributed by atoms with Crippen LogP contribution in [0.3, 0.4) is 0 Å². The summed E-state index contributed by atoms with van der Waals surface area (Å²) in [7, 11) is 0. The van der Waals surface area contributed by atoms with Crippen LogP contribution in [0.4, 0.5) is 0 Å². The molecular formula is C10H11N5O. The van der Waals surface area contributed by atoms with E-state index in [1.54, 1.807) is 29.2 Å². The van der Waals surface area contributed by atoms with Gasteiger partial charge >= 0.3 is 0 Å². The van der Waals surface area contributed by atoms with E-state index in [4.69, 9.17) is 5.73 Å². The second-order valence-electron chi connectivity index (χ2n) is 3.23. The van der Waals surface area contributed by atoms with Crippen molar-refractivity contribution < 1.29 is 4.79 Å². The van der Waals surface area contributed by atoms with Crippen molar-refractivity contribution in [3.8, 4) is 0 Å². The van der Waals surface area contributed by atoms with Crippen LogP contribution in [0.5, 0.6) is 0 Å². The van der Waals surface area contributed by atoms with Gasteiger partial charge in [-0.3, -0.25) is 14.5 Å². The molecule has 0 fully saturated rings. The van der Waals surface area contributed by atoms with Crippen molar-refractivity contribution >= 4 is 5.78 Å². The Kier molecular flexibility index (Phi) is 3.02. The van der Waals surface area contributed by atoms with E-state index >= 15 is 0 Å². The fraction of sp³-hybridized carbons (Fsp3) is 0.200. The second-order valence-corrected chi connectivity index (χ2v) is 3.23. The first-order chi connectivity index (χ1) is 7.81. The highest BCUT2D eigenvalue weighted by atomic mass is 16.1. The van der Waals surface area contributed by atoms with Gasteiger partial charge < -0.3 is 5.73 Å². The van der Waals surface area contributed by atoms with Crippen LogP contribution in [0.25, 0.3) is 0 Å². The molecule has 0 aromatic carbocycles. The third-order valence-corrected chi connectivity index (χ3v) is 2.05. The van der Waals surface area contributed by atoms with Crippen molar-refractivity contribution in [3.05, 3.63) is 42.0 Å². The monoisotopic (exact) mass is 217 g/mol. The zero-order chi connectivity index (χ0) is 11.4. The van der Waals surface area contributed by atoms with E-state index in [2.05, 4.69) is 15.3 Å². The summed E-state index contributed by atoms with van der Waals surface area (Å²) in [4.78, 5) is 15.8. The van der Waals surface area contributed by atoms with Gasteiger partial charge in [0.25, 0.3) is 0 Å². The normalized spacial score (nSPS) is 10.3. The maximum absolute atomic E-state index is 11.9. The van der Waals surface area contributed by atoms with Gasteiger partial charge in [-0.1, -0.05) is 5.21 Å². The number of carbonyl (C=O) groups excluding carboxylic acids is 1. The van der Waals surface area contributed by atoms with Crippen molar-refractivity contribution in [2.24, 2.45) is 5.73 Å². The van der Waals surface area contributed by atoms with Crippen molar-refractivity contribution in [2.45, 2.75) is 6.54 Å². The maximum Gasteiger partial charge on any atom is 0.216 e. The molecule has 0 atom stereocenters. The molecule has 2 aromatic heterocycles. The molecule has 82 valence electrons. The molecule has 0 unspecified atom stereocenters. The van der Waals surface area contributed by atoms with E-state index < -0.39 is 0 Å². The molecule has 0 saturated heterocycles. The molecule has 0 spiro atoms. The summed E-state index contributed by atoms with van der Waals surface area (Å²) in [6.45, 7) is 1.01. The third-order valence-electron chi connectivity index (χ3n) is 2.05. The van der Waals surface area contributed by atoms with Crippen molar-refractivity contribution in [3.63, 3.8) is 0 Å². The molecule has 16 heavy (non-hydrogen) atoms. The molecule has 6 heteroatoms. The molecule has 6 nitrogen and oxygen atoms in total. The Morgan fingerprint density at radius 3 is 3.06 bits per heavy atom. The molecule has 2 heterocycles. The molecule has 2 N–H and O–H groups in total. The molecule has 0 amide bonds. The Balaban J connectivity index is 2.21. The van der Waals surface area contributed by atoms with Crippen LogP contribution in [-0.4, -0.2) is 32.3 Å². The lowest BCUT2D eigenvalue weighted by atomic mass is 10.1. The van der Waals surface area contributed by atoms with Gasteiger partial charge in [-0.05, 0) is 12.1 Å². The first kappa shape index (κ1) is 10.4. The third kappa shape index (κ3) is 2.12. The average Bonchev–Trinajstić information content (AvgIpc) is 2.78. The summed E-state index contributed by atoms with van der Waals surface area (Å²) in [6, 6.07) is 3.40. The van der Waals surface area contributed by atoms with E-state index in [9.17, 15) is 4.79 Å². The zero-order valence-electron chi connectivity index (χ0n) is 8.58. The SMILES string of the molecule is NCCn1cc(C(=O)c2cccnc2)nn1. The van der Waals surface area contributed by atoms with Gasteiger partial charge in [-0.2, -0.15) is 0 Å². The number of aromatic nitrogens is 4. The van der Waals surface area contributed by atoms with E-state index in [1.807, 2.05) is 0 Å². The summed E-state index contributed by atoms with van der Waals surface area (Å²) in [5.41, 5.74) is 6.18. The number of pyridine rings is 1. The number of ketones is 1. The summed E-state index contributed by atoms with van der Waals surface area (Å²) in [6.07, 6.45) is 4.70. The fourth-order valence-electron chi connectivity index (χ4n) is 1.29.